The van der Waals surface area contributed by atoms with Gasteiger partial charge in [0.15, 0.2) is 11.5 Å². The molecule has 9 heteroatoms. The molecule has 1 aromatic rings. The van der Waals surface area contributed by atoms with Crippen LogP contribution in [0.15, 0.2) is 18.2 Å². The molecular weight excluding hydrogens is 490 g/mol. The summed E-state index contributed by atoms with van der Waals surface area (Å²) in [4.78, 5) is 49.4. The molecule has 0 saturated carbocycles. The van der Waals surface area contributed by atoms with Gasteiger partial charge in [-0.25, -0.2) is 0 Å². The minimum absolute atomic E-state index is 0.0130. The van der Waals surface area contributed by atoms with Gasteiger partial charge in [0.05, 0.1) is 24.4 Å². The number of ether oxygens (including phenoxy) is 3. The summed E-state index contributed by atoms with van der Waals surface area (Å²) in [6.07, 6.45) is -0.306. The van der Waals surface area contributed by atoms with Gasteiger partial charge in [0.25, 0.3) is 0 Å². The number of esters is 3. The molecule has 0 bridgehead atoms. The number of carboxylic acid groups (broad SMARTS) is 1. The maximum atomic E-state index is 12.7. The Labute approximate surface area is 226 Å². The van der Waals surface area contributed by atoms with E-state index >= 15 is 0 Å². The standard InChI is InChI=1S/C29H45NO8/c1-17(36-26(35)29(8,9)10)13-19(24(30)25(33)34)18-11-12-20(37-22(31)15-27(2,3)4)21(14-18)38-23(32)16-28(5,6)7/h11-12,14,17,19,24H,13,15-16,30H2,1-10H3,(H,33,34)/t17?,19?,24-/m0/s1. The fourth-order valence-electron chi connectivity index (χ4n) is 3.53. The largest absolute Gasteiger partial charge is 0.480 e. The summed E-state index contributed by atoms with van der Waals surface area (Å²) in [6, 6.07) is 3.17. The van der Waals surface area contributed by atoms with E-state index in [1.807, 2.05) is 41.5 Å². The zero-order valence-electron chi connectivity index (χ0n) is 24.5. The molecule has 0 aromatic heterocycles. The van der Waals surface area contributed by atoms with Gasteiger partial charge in [-0.15, -0.1) is 0 Å². The lowest BCUT2D eigenvalue weighted by Gasteiger charge is -2.27. The number of aliphatic carboxylic acids is 1. The Balaban J connectivity index is 3.43. The number of carbonyl (C=O) groups is 4. The highest BCUT2D eigenvalue weighted by molar-refractivity contribution is 5.78. The van der Waals surface area contributed by atoms with Gasteiger partial charge in [0, 0.05) is 5.92 Å². The van der Waals surface area contributed by atoms with Crippen molar-refractivity contribution in [1.29, 1.82) is 0 Å². The Hall–Kier alpha value is -2.94. The average molecular weight is 536 g/mol. The minimum atomic E-state index is -1.33. The van der Waals surface area contributed by atoms with Crippen LogP contribution in [0.25, 0.3) is 0 Å². The molecule has 1 aromatic carbocycles. The van der Waals surface area contributed by atoms with Gasteiger partial charge in [0.1, 0.15) is 6.04 Å². The summed E-state index contributed by atoms with van der Waals surface area (Å²) in [5, 5.41) is 9.67. The fourth-order valence-corrected chi connectivity index (χ4v) is 3.53. The van der Waals surface area contributed by atoms with Crippen molar-refractivity contribution in [2.75, 3.05) is 0 Å². The van der Waals surface area contributed by atoms with Gasteiger partial charge in [0.2, 0.25) is 0 Å². The predicted octanol–water partition coefficient (Wildman–Crippen LogP) is 5.23. The molecule has 38 heavy (non-hydrogen) atoms. The maximum absolute atomic E-state index is 12.7. The van der Waals surface area contributed by atoms with Crippen LogP contribution in [-0.2, 0) is 23.9 Å². The molecule has 0 fully saturated rings. The van der Waals surface area contributed by atoms with Crippen molar-refractivity contribution in [2.45, 2.75) is 107 Å². The minimum Gasteiger partial charge on any atom is -0.480 e. The van der Waals surface area contributed by atoms with Gasteiger partial charge in [-0.3, -0.25) is 19.2 Å². The molecule has 0 heterocycles. The first-order valence-corrected chi connectivity index (χ1v) is 12.8. The lowest BCUT2D eigenvalue weighted by molar-refractivity contribution is -0.158. The highest BCUT2D eigenvalue weighted by atomic mass is 16.6. The van der Waals surface area contributed by atoms with Crippen molar-refractivity contribution in [3.8, 4) is 11.5 Å². The highest BCUT2D eigenvalue weighted by Gasteiger charge is 2.32. The lowest BCUT2D eigenvalue weighted by atomic mass is 9.86. The van der Waals surface area contributed by atoms with E-state index in [0.29, 0.717) is 5.56 Å². The van der Waals surface area contributed by atoms with Crippen molar-refractivity contribution >= 4 is 23.9 Å². The van der Waals surface area contributed by atoms with Crippen LogP contribution in [0.1, 0.15) is 100.0 Å². The van der Waals surface area contributed by atoms with Crippen molar-refractivity contribution in [2.24, 2.45) is 22.0 Å². The smallest absolute Gasteiger partial charge is 0.321 e. The zero-order valence-corrected chi connectivity index (χ0v) is 24.5. The summed E-state index contributed by atoms with van der Waals surface area (Å²) in [7, 11) is 0. The monoisotopic (exact) mass is 535 g/mol. The van der Waals surface area contributed by atoms with Crippen LogP contribution in [0.2, 0.25) is 0 Å². The third-order valence-electron chi connectivity index (χ3n) is 5.42. The summed E-state index contributed by atoms with van der Waals surface area (Å²) < 4.78 is 16.7. The van der Waals surface area contributed by atoms with Crippen LogP contribution < -0.4 is 15.2 Å². The first-order valence-electron chi connectivity index (χ1n) is 12.8. The van der Waals surface area contributed by atoms with Gasteiger partial charge >= 0.3 is 23.9 Å². The molecule has 0 spiro atoms. The van der Waals surface area contributed by atoms with Crippen LogP contribution in [0, 0.1) is 16.2 Å². The second-order valence-electron chi connectivity index (χ2n) is 13.3. The highest BCUT2D eigenvalue weighted by Crippen LogP contribution is 2.36. The number of hydrogen-bond acceptors (Lipinski definition) is 8. The number of nitrogens with two attached hydrogens (primary N) is 1. The molecule has 0 aliphatic rings. The Morgan fingerprint density at radius 2 is 1.32 bits per heavy atom. The molecule has 214 valence electrons. The summed E-state index contributed by atoms with van der Waals surface area (Å²) >= 11 is 0. The van der Waals surface area contributed by atoms with E-state index in [2.05, 4.69) is 0 Å². The van der Waals surface area contributed by atoms with Crippen molar-refractivity contribution in [3.63, 3.8) is 0 Å². The number of carbonyl (C=O) groups excluding carboxylic acids is 3. The van der Waals surface area contributed by atoms with Gasteiger partial charge in [-0.05, 0) is 62.6 Å². The lowest BCUT2D eigenvalue weighted by Crippen LogP contribution is -2.39. The fraction of sp³-hybridized carbons (Fsp3) is 0.655. The third kappa shape index (κ3) is 11.6. The van der Waals surface area contributed by atoms with E-state index in [-0.39, 0.29) is 41.6 Å². The predicted molar refractivity (Wildman–Crippen MR) is 144 cm³/mol. The van der Waals surface area contributed by atoms with Gasteiger partial charge in [-0.1, -0.05) is 47.6 Å². The second-order valence-corrected chi connectivity index (χ2v) is 13.3. The Bertz CT molecular complexity index is 1010. The molecule has 0 aliphatic heterocycles. The molecule has 0 saturated heterocycles. The van der Waals surface area contributed by atoms with E-state index in [9.17, 15) is 24.3 Å². The Morgan fingerprint density at radius 1 is 0.842 bits per heavy atom. The van der Waals surface area contributed by atoms with E-state index in [0.717, 1.165) is 0 Å². The molecule has 1 rings (SSSR count). The topological polar surface area (TPSA) is 142 Å². The first kappa shape index (κ1) is 33.1. The van der Waals surface area contributed by atoms with Crippen molar-refractivity contribution in [3.05, 3.63) is 23.8 Å². The Kier molecular flexibility index (Phi) is 11.1. The number of benzene rings is 1. The van der Waals surface area contributed by atoms with Gasteiger partial charge in [-0.2, -0.15) is 0 Å². The molecule has 9 nitrogen and oxygen atoms in total. The maximum Gasteiger partial charge on any atom is 0.321 e. The van der Waals surface area contributed by atoms with Crippen LogP contribution in [0.3, 0.4) is 0 Å². The molecular formula is C29H45NO8. The molecule has 0 amide bonds. The van der Waals surface area contributed by atoms with E-state index in [4.69, 9.17) is 19.9 Å². The molecule has 0 aliphatic carbocycles. The van der Waals surface area contributed by atoms with Crippen LogP contribution >= 0.6 is 0 Å². The van der Waals surface area contributed by atoms with E-state index < -0.39 is 47.4 Å². The summed E-state index contributed by atoms with van der Waals surface area (Å²) in [5.41, 5.74) is 5.09. The quantitative estimate of drug-likeness (QED) is 0.304. The molecule has 3 N–H and O–H groups in total. The van der Waals surface area contributed by atoms with Crippen molar-refractivity contribution < 1.29 is 38.5 Å². The molecule has 0 radical (unpaired) electrons. The van der Waals surface area contributed by atoms with E-state index in [1.165, 1.54) is 12.1 Å². The summed E-state index contributed by atoms with van der Waals surface area (Å²) in [5.74, 6) is -3.47. The number of rotatable bonds is 10. The van der Waals surface area contributed by atoms with Crippen molar-refractivity contribution in [1.82, 2.24) is 0 Å². The van der Waals surface area contributed by atoms with Crippen LogP contribution in [0.4, 0.5) is 0 Å². The molecule has 2 unspecified atom stereocenters. The zero-order chi connectivity index (χ0) is 29.6. The second kappa shape index (κ2) is 12.7. The van der Waals surface area contributed by atoms with E-state index in [1.54, 1.807) is 33.8 Å². The average Bonchev–Trinajstić information content (AvgIpc) is 2.69. The number of hydrogen-bond donors (Lipinski definition) is 2. The third-order valence-corrected chi connectivity index (χ3v) is 5.42. The molecule has 3 atom stereocenters. The summed E-state index contributed by atoms with van der Waals surface area (Å²) in [6.45, 7) is 18.2. The number of carboxylic acids is 1. The van der Waals surface area contributed by atoms with Gasteiger partial charge < -0.3 is 25.1 Å². The SMILES string of the molecule is CC(CC(c1ccc(OC(=O)CC(C)(C)C)c(OC(=O)CC(C)(C)C)c1)[C@H](N)C(=O)O)OC(=O)C(C)(C)C. The van der Waals surface area contributed by atoms with Crippen LogP contribution in [0.5, 0.6) is 11.5 Å². The Morgan fingerprint density at radius 3 is 1.74 bits per heavy atom. The first-order chi connectivity index (χ1) is 17.1. The van der Waals surface area contributed by atoms with Crippen LogP contribution in [-0.4, -0.2) is 41.1 Å². The normalized spacial score (nSPS) is 14.7.